The molecule has 0 aromatic carbocycles. The van der Waals surface area contributed by atoms with Gasteiger partial charge in [-0.15, -0.1) is 0 Å². The highest BCUT2D eigenvalue weighted by atomic mass is 15.3. The lowest BCUT2D eigenvalue weighted by Gasteiger charge is -2.39. The minimum absolute atomic E-state index is 0.366. The van der Waals surface area contributed by atoms with Gasteiger partial charge in [0, 0.05) is 18.1 Å². The molecule has 0 amide bonds. The van der Waals surface area contributed by atoms with Gasteiger partial charge in [-0.25, -0.2) is 0 Å². The molecule has 1 aliphatic rings. The van der Waals surface area contributed by atoms with E-state index < -0.39 is 0 Å². The molecule has 1 heterocycles. The quantitative estimate of drug-likeness (QED) is 0.683. The monoisotopic (exact) mass is 198 g/mol. The van der Waals surface area contributed by atoms with E-state index >= 15 is 0 Å². The molecule has 1 aliphatic heterocycles. The second-order valence-electron chi connectivity index (χ2n) is 5.38. The van der Waals surface area contributed by atoms with Crippen molar-refractivity contribution in [1.82, 2.24) is 9.80 Å². The fourth-order valence-electron chi connectivity index (χ4n) is 2.51. The normalized spacial score (nSPS) is 24.9. The molecule has 0 N–H and O–H groups in total. The molecule has 0 radical (unpaired) electrons. The fraction of sp³-hybridized carbons (Fsp3) is 1.00. The van der Waals surface area contributed by atoms with E-state index in [2.05, 4.69) is 44.7 Å². The van der Waals surface area contributed by atoms with Gasteiger partial charge in [-0.05, 0) is 47.3 Å². The molecule has 2 heteroatoms. The third-order valence-corrected chi connectivity index (χ3v) is 3.73. The van der Waals surface area contributed by atoms with Crippen LogP contribution in [0.4, 0.5) is 0 Å². The van der Waals surface area contributed by atoms with E-state index in [0.717, 1.165) is 6.04 Å². The first-order chi connectivity index (χ1) is 6.47. The van der Waals surface area contributed by atoms with Crippen LogP contribution in [-0.2, 0) is 0 Å². The second-order valence-corrected chi connectivity index (χ2v) is 5.38. The van der Waals surface area contributed by atoms with Crippen LogP contribution in [0.5, 0.6) is 0 Å². The molecule has 14 heavy (non-hydrogen) atoms. The van der Waals surface area contributed by atoms with Crippen LogP contribution in [-0.4, -0.2) is 48.6 Å². The Morgan fingerprint density at radius 1 is 1.43 bits per heavy atom. The summed E-state index contributed by atoms with van der Waals surface area (Å²) in [7, 11) is 4.51. The zero-order valence-corrected chi connectivity index (χ0v) is 10.5. The molecular formula is C12H26N2. The average Bonchev–Trinajstić information content (AvgIpc) is 2.50. The lowest BCUT2D eigenvalue weighted by Crippen LogP contribution is -2.48. The van der Waals surface area contributed by atoms with E-state index in [9.17, 15) is 0 Å². The average molecular weight is 198 g/mol. The number of hydrogen-bond acceptors (Lipinski definition) is 2. The fourth-order valence-corrected chi connectivity index (χ4v) is 2.51. The van der Waals surface area contributed by atoms with E-state index in [-0.39, 0.29) is 0 Å². The summed E-state index contributed by atoms with van der Waals surface area (Å²) in [5, 5.41) is 0. The molecule has 1 fully saturated rings. The SMILES string of the molecule is CCCC(C)(C)N(C)C1CCN(C)C1. The Kier molecular flexibility index (Phi) is 3.96. The molecule has 84 valence electrons. The van der Waals surface area contributed by atoms with Crippen LogP contribution < -0.4 is 0 Å². The Labute approximate surface area is 89.3 Å². The van der Waals surface area contributed by atoms with Crippen molar-refractivity contribution in [2.75, 3.05) is 27.2 Å². The smallest absolute Gasteiger partial charge is 0.0237 e. The van der Waals surface area contributed by atoms with Gasteiger partial charge in [0.2, 0.25) is 0 Å². The summed E-state index contributed by atoms with van der Waals surface area (Å²) in [6.45, 7) is 9.51. The van der Waals surface area contributed by atoms with Crippen molar-refractivity contribution in [3.8, 4) is 0 Å². The second kappa shape index (κ2) is 4.63. The van der Waals surface area contributed by atoms with E-state index in [1.165, 1.54) is 32.4 Å². The Hall–Kier alpha value is -0.0800. The minimum atomic E-state index is 0.366. The van der Waals surface area contributed by atoms with Gasteiger partial charge in [-0.3, -0.25) is 4.90 Å². The number of hydrogen-bond donors (Lipinski definition) is 0. The van der Waals surface area contributed by atoms with E-state index in [1.807, 2.05) is 0 Å². The van der Waals surface area contributed by atoms with Gasteiger partial charge in [0.25, 0.3) is 0 Å². The van der Waals surface area contributed by atoms with E-state index in [1.54, 1.807) is 0 Å². The Balaban J connectivity index is 2.51. The maximum Gasteiger partial charge on any atom is 0.0237 e. The summed E-state index contributed by atoms with van der Waals surface area (Å²) in [5.41, 5.74) is 0.366. The standard InChI is InChI=1S/C12H26N2/c1-6-8-12(2,3)14(5)11-7-9-13(4)10-11/h11H,6-10H2,1-5H3. The number of nitrogens with zero attached hydrogens (tertiary/aromatic N) is 2. The van der Waals surface area contributed by atoms with Crippen molar-refractivity contribution in [3.05, 3.63) is 0 Å². The summed E-state index contributed by atoms with van der Waals surface area (Å²) in [6, 6.07) is 0.765. The highest BCUT2D eigenvalue weighted by Gasteiger charge is 2.31. The van der Waals surface area contributed by atoms with Crippen molar-refractivity contribution in [2.24, 2.45) is 0 Å². The molecule has 0 aromatic rings. The van der Waals surface area contributed by atoms with Crippen LogP contribution in [0.2, 0.25) is 0 Å². The topological polar surface area (TPSA) is 6.48 Å². The Bertz CT molecular complexity index is 177. The molecule has 0 aliphatic carbocycles. The first-order valence-corrected chi connectivity index (χ1v) is 5.89. The van der Waals surface area contributed by atoms with E-state index in [4.69, 9.17) is 0 Å². The summed E-state index contributed by atoms with van der Waals surface area (Å²) < 4.78 is 0. The molecule has 0 spiro atoms. The molecule has 0 aromatic heterocycles. The van der Waals surface area contributed by atoms with Crippen molar-refractivity contribution < 1.29 is 0 Å². The molecule has 1 atom stereocenters. The van der Waals surface area contributed by atoms with Crippen LogP contribution in [0.15, 0.2) is 0 Å². The first-order valence-electron chi connectivity index (χ1n) is 5.89. The van der Waals surface area contributed by atoms with Crippen LogP contribution in [0.25, 0.3) is 0 Å². The predicted molar refractivity (Wildman–Crippen MR) is 62.7 cm³/mol. The summed E-state index contributed by atoms with van der Waals surface area (Å²) in [5.74, 6) is 0. The maximum absolute atomic E-state index is 2.58. The molecule has 1 unspecified atom stereocenters. The van der Waals surface area contributed by atoms with E-state index in [0.29, 0.717) is 5.54 Å². The van der Waals surface area contributed by atoms with Crippen LogP contribution in [0.3, 0.4) is 0 Å². The summed E-state index contributed by atoms with van der Waals surface area (Å²) in [4.78, 5) is 5.02. The van der Waals surface area contributed by atoms with Crippen molar-refractivity contribution in [1.29, 1.82) is 0 Å². The number of likely N-dealkylation sites (N-methyl/N-ethyl adjacent to an activating group) is 2. The van der Waals surface area contributed by atoms with Gasteiger partial charge in [-0.2, -0.15) is 0 Å². The zero-order valence-electron chi connectivity index (χ0n) is 10.5. The molecule has 2 nitrogen and oxygen atoms in total. The van der Waals surface area contributed by atoms with Crippen molar-refractivity contribution in [3.63, 3.8) is 0 Å². The molecular weight excluding hydrogens is 172 g/mol. The maximum atomic E-state index is 2.58. The largest absolute Gasteiger partial charge is 0.305 e. The van der Waals surface area contributed by atoms with Gasteiger partial charge in [0.1, 0.15) is 0 Å². The first kappa shape index (κ1) is 12.0. The minimum Gasteiger partial charge on any atom is -0.305 e. The van der Waals surface area contributed by atoms with Crippen LogP contribution >= 0.6 is 0 Å². The number of rotatable bonds is 4. The Morgan fingerprint density at radius 2 is 2.07 bits per heavy atom. The van der Waals surface area contributed by atoms with Crippen LogP contribution in [0, 0.1) is 0 Å². The lowest BCUT2D eigenvalue weighted by molar-refractivity contribution is 0.0960. The summed E-state index contributed by atoms with van der Waals surface area (Å²) in [6.07, 6.45) is 3.91. The zero-order chi connectivity index (χ0) is 10.8. The summed E-state index contributed by atoms with van der Waals surface area (Å²) >= 11 is 0. The van der Waals surface area contributed by atoms with Crippen molar-refractivity contribution in [2.45, 2.75) is 51.6 Å². The molecule has 1 rings (SSSR count). The molecule has 1 saturated heterocycles. The highest BCUT2D eigenvalue weighted by molar-refractivity contribution is 4.88. The van der Waals surface area contributed by atoms with Gasteiger partial charge < -0.3 is 4.90 Å². The van der Waals surface area contributed by atoms with Gasteiger partial charge in [-0.1, -0.05) is 13.3 Å². The third kappa shape index (κ3) is 2.71. The number of likely N-dealkylation sites (tertiary alicyclic amines) is 1. The van der Waals surface area contributed by atoms with Gasteiger partial charge >= 0.3 is 0 Å². The molecule has 0 saturated carbocycles. The lowest BCUT2D eigenvalue weighted by atomic mass is 9.95. The third-order valence-electron chi connectivity index (χ3n) is 3.73. The van der Waals surface area contributed by atoms with Crippen LogP contribution in [0.1, 0.15) is 40.0 Å². The predicted octanol–water partition coefficient (Wildman–Crippen LogP) is 2.20. The van der Waals surface area contributed by atoms with Gasteiger partial charge in [0.15, 0.2) is 0 Å². The van der Waals surface area contributed by atoms with Gasteiger partial charge in [0.05, 0.1) is 0 Å². The Morgan fingerprint density at radius 3 is 2.50 bits per heavy atom. The highest BCUT2D eigenvalue weighted by Crippen LogP contribution is 2.25. The van der Waals surface area contributed by atoms with Crippen molar-refractivity contribution >= 4 is 0 Å². The molecule has 0 bridgehead atoms.